The first-order chi connectivity index (χ1) is 5.70. The summed E-state index contributed by atoms with van der Waals surface area (Å²) in [5.41, 5.74) is 0. The predicted octanol–water partition coefficient (Wildman–Crippen LogP) is 0.0630. The highest BCUT2D eigenvalue weighted by Crippen LogP contribution is 2.29. The molecule has 72 valence electrons. The molecule has 0 bridgehead atoms. The number of hydrogen-bond donors (Lipinski definition) is 3. The molecule has 0 amide bonds. The van der Waals surface area contributed by atoms with Crippen LogP contribution in [0.15, 0.2) is 0 Å². The van der Waals surface area contributed by atoms with Crippen molar-refractivity contribution in [2.24, 2.45) is 5.92 Å². The Bertz CT molecular complexity index is 142. The Balaban J connectivity index is 2.53. The lowest BCUT2D eigenvalue weighted by molar-refractivity contribution is 0.0303. The van der Waals surface area contributed by atoms with Crippen LogP contribution < -0.4 is 0 Å². The molecule has 2 N–H and O–H groups in total. The van der Waals surface area contributed by atoms with Crippen molar-refractivity contribution in [3.63, 3.8) is 0 Å². The highest BCUT2D eigenvalue weighted by molar-refractivity contribution is 7.80. The summed E-state index contributed by atoms with van der Waals surface area (Å²) in [6.45, 7) is 1.95. The maximum atomic E-state index is 9.62. The maximum Gasteiger partial charge on any atom is 0.0853 e. The van der Waals surface area contributed by atoms with Crippen LogP contribution in [0, 0.1) is 5.92 Å². The van der Waals surface area contributed by atoms with Crippen LogP contribution in [0.1, 0.15) is 13.3 Å². The van der Waals surface area contributed by atoms with E-state index in [0.717, 1.165) is 0 Å². The van der Waals surface area contributed by atoms with E-state index in [1.54, 1.807) is 0 Å². The number of hydrogen-bond acceptors (Lipinski definition) is 4. The van der Waals surface area contributed by atoms with Gasteiger partial charge >= 0.3 is 0 Å². The normalized spacial score (nSPS) is 42.0. The second kappa shape index (κ2) is 4.46. The second-order valence-corrected chi connectivity index (χ2v) is 3.59. The quantitative estimate of drug-likeness (QED) is 0.554. The van der Waals surface area contributed by atoms with Crippen LogP contribution in [0.5, 0.6) is 0 Å². The minimum Gasteiger partial charge on any atom is -0.396 e. The summed E-state index contributed by atoms with van der Waals surface area (Å²) >= 11 is 4.13. The fourth-order valence-electron chi connectivity index (χ4n) is 1.71. The first kappa shape index (κ1) is 10.3. The van der Waals surface area contributed by atoms with Gasteiger partial charge in [0.2, 0.25) is 0 Å². The molecule has 4 atom stereocenters. The monoisotopic (exact) mass is 192 g/mol. The van der Waals surface area contributed by atoms with Gasteiger partial charge in [-0.3, -0.25) is 0 Å². The Kier molecular flexibility index (Phi) is 3.83. The standard InChI is InChI=1S/C8H16O3S/c1-5-8(10)6(2-3-9)7(4-12)11-5/h5-10,12H,2-4H2,1H3/t5-,6-,7+,8?/m0/s1. The molecule has 12 heavy (non-hydrogen) atoms. The molecule has 1 aliphatic rings. The van der Waals surface area contributed by atoms with Crippen molar-refractivity contribution < 1.29 is 14.9 Å². The van der Waals surface area contributed by atoms with E-state index in [1.165, 1.54) is 0 Å². The molecule has 0 saturated carbocycles. The van der Waals surface area contributed by atoms with Gasteiger partial charge in [-0.25, -0.2) is 0 Å². The summed E-state index contributed by atoms with van der Waals surface area (Å²) in [5, 5.41) is 18.4. The topological polar surface area (TPSA) is 49.7 Å². The van der Waals surface area contributed by atoms with Gasteiger partial charge in [0, 0.05) is 18.3 Å². The molecule has 1 heterocycles. The van der Waals surface area contributed by atoms with Gasteiger partial charge in [0.1, 0.15) is 0 Å². The Hall–Kier alpha value is 0.230. The van der Waals surface area contributed by atoms with Crippen molar-refractivity contribution in [3.05, 3.63) is 0 Å². The van der Waals surface area contributed by atoms with Gasteiger partial charge in [0.05, 0.1) is 18.3 Å². The van der Waals surface area contributed by atoms with E-state index in [9.17, 15) is 5.11 Å². The molecule has 0 aromatic carbocycles. The van der Waals surface area contributed by atoms with Gasteiger partial charge in [-0.05, 0) is 13.3 Å². The van der Waals surface area contributed by atoms with Gasteiger partial charge in [0.25, 0.3) is 0 Å². The van der Waals surface area contributed by atoms with Gasteiger partial charge in [0.15, 0.2) is 0 Å². The highest BCUT2D eigenvalue weighted by Gasteiger charge is 2.39. The zero-order chi connectivity index (χ0) is 9.14. The van der Waals surface area contributed by atoms with Crippen molar-refractivity contribution >= 4 is 12.6 Å². The molecule has 0 aromatic rings. The number of thiol groups is 1. The third kappa shape index (κ3) is 1.93. The molecule has 0 radical (unpaired) electrons. The molecule has 1 aliphatic heterocycles. The Morgan fingerprint density at radius 3 is 2.67 bits per heavy atom. The third-order valence-corrected chi connectivity index (χ3v) is 2.79. The number of rotatable bonds is 3. The zero-order valence-corrected chi connectivity index (χ0v) is 8.08. The van der Waals surface area contributed by atoms with Crippen molar-refractivity contribution in [1.29, 1.82) is 0 Å². The van der Waals surface area contributed by atoms with E-state index in [1.807, 2.05) is 6.92 Å². The second-order valence-electron chi connectivity index (χ2n) is 3.23. The minimum absolute atomic E-state index is 0.00881. The van der Waals surface area contributed by atoms with Crippen LogP contribution in [0.2, 0.25) is 0 Å². The molecule has 1 rings (SSSR count). The van der Waals surface area contributed by atoms with Crippen molar-refractivity contribution in [3.8, 4) is 0 Å². The summed E-state index contributed by atoms with van der Waals surface area (Å²) in [5.74, 6) is 0.647. The van der Waals surface area contributed by atoms with Crippen LogP contribution in [-0.4, -0.2) is 40.9 Å². The largest absolute Gasteiger partial charge is 0.396 e. The van der Waals surface area contributed by atoms with Crippen LogP contribution in [0.3, 0.4) is 0 Å². The lowest BCUT2D eigenvalue weighted by Crippen LogP contribution is -2.27. The van der Waals surface area contributed by atoms with Crippen LogP contribution in [0.25, 0.3) is 0 Å². The average Bonchev–Trinajstić information content (AvgIpc) is 2.33. The molecule has 3 nitrogen and oxygen atoms in total. The smallest absolute Gasteiger partial charge is 0.0853 e. The fraction of sp³-hybridized carbons (Fsp3) is 1.00. The van der Waals surface area contributed by atoms with Crippen molar-refractivity contribution in [2.75, 3.05) is 12.4 Å². The summed E-state index contributed by atoms with van der Waals surface area (Å²) in [4.78, 5) is 0. The molecule has 4 heteroatoms. The summed E-state index contributed by atoms with van der Waals surface area (Å²) in [6.07, 6.45) is 0.00924. The SMILES string of the molecule is C[C@@H]1O[C@H](CS)[C@H](CCO)C1O. The molecule has 0 aliphatic carbocycles. The van der Waals surface area contributed by atoms with E-state index in [2.05, 4.69) is 12.6 Å². The summed E-state index contributed by atoms with van der Waals surface area (Å²) in [7, 11) is 0. The Morgan fingerprint density at radius 1 is 1.50 bits per heavy atom. The molecule has 1 unspecified atom stereocenters. The van der Waals surface area contributed by atoms with E-state index in [4.69, 9.17) is 9.84 Å². The van der Waals surface area contributed by atoms with Crippen LogP contribution in [-0.2, 0) is 4.74 Å². The third-order valence-electron chi connectivity index (χ3n) is 2.43. The average molecular weight is 192 g/mol. The van der Waals surface area contributed by atoms with E-state index in [0.29, 0.717) is 12.2 Å². The molecule has 1 saturated heterocycles. The first-order valence-electron chi connectivity index (χ1n) is 4.26. The van der Waals surface area contributed by atoms with Gasteiger partial charge < -0.3 is 14.9 Å². The van der Waals surface area contributed by atoms with Crippen LogP contribution in [0.4, 0.5) is 0 Å². The van der Waals surface area contributed by atoms with Crippen molar-refractivity contribution in [2.45, 2.75) is 31.7 Å². The number of ether oxygens (including phenoxy) is 1. The van der Waals surface area contributed by atoms with Gasteiger partial charge in [-0.15, -0.1) is 0 Å². The van der Waals surface area contributed by atoms with Gasteiger partial charge in [-0.1, -0.05) is 0 Å². The van der Waals surface area contributed by atoms with E-state index >= 15 is 0 Å². The molecule has 0 spiro atoms. The van der Waals surface area contributed by atoms with E-state index in [-0.39, 0.29) is 24.7 Å². The molecule has 1 fully saturated rings. The lowest BCUT2D eigenvalue weighted by Gasteiger charge is -2.16. The predicted molar refractivity (Wildman–Crippen MR) is 49.4 cm³/mol. The summed E-state index contributed by atoms with van der Waals surface area (Å²) in [6, 6.07) is 0. The fourth-order valence-corrected chi connectivity index (χ4v) is 2.07. The molecule has 0 aromatic heterocycles. The van der Waals surface area contributed by atoms with Gasteiger partial charge in [-0.2, -0.15) is 12.6 Å². The Morgan fingerprint density at radius 2 is 2.17 bits per heavy atom. The maximum absolute atomic E-state index is 9.62. The minimum atomic E-state index is -0.450. The Labute approximate surface area is 78.1 Å². The molecular formula is C8H16O3S. The van der Waals surface area contributed by atoms with E-state index < -0.39 is 6.10 Å². The van der Waals surface area contributed by atoms with Crippen LogP contribution >= 0.6 is 12.6 Å². The molecular weight excluding hydrogens is 176 g/mol. The highest BCUT2D eigenvalue weighted by atomic mass is 32.1. The first-order valence-corrected chi connectivity index (χ1v) is 4.89. The number of aliphatic hydroxyl groups excluding tert-OH is 2. The van der Waals surface area contributed by atoms with Crippen molar-refractivity contribution in [1.82, 2.24) is 0 Å². The summed E-state index contributed by atoms with van der Waals surface area (Å²) < 4.78 is 5.45. The lowest BCUT2D eigenvalue weighted by atomic mass is 9.94. The zero-order valence-electron chi connectivity index (χ0n) is 7.18. The number of aliphatic hydroxyl groups is 2.